The minimum absolute atomic E-state index is 0.574. The van der Waals surface area contributed by atoms with Crippen molar-refractivity contribution in [3.05, 3.63) is 102 Å². The fourth-order valence-electron chi connectivity index (χ4n) is 3.29. The van der Waals surface area contributed by atoms with Crippen LogP contribution in [0.1, 0.15) is 13.9 Å². The summed E-state index contributed by atoms with van der Waals surface area (Å²) >= 11 is 0. The molecule has 0 aliphatic rings. The number of para-hydroxylation sites is 1. The average Bonchev–Trinajstić information content (AvgIpc) is 3.13. The Balaban J connectivity index is 1.70. The zero-order valence-electron chi connectivity index (χ0n) is 16.0. The highest BCUT2D eigenvalue weighted by Gasteiger charge is 2.13. The van der Waals surface area contributed by atoms with Gasteiger partial charge in [0.25, 0.3) is 0 Å². The van der Waals surface area contributed by atoms with Gasteiger partial charge in [0.1, 0.15) is 11.2 Å². The van der Waals surface area contributed by atoms with E-state index < -0.39 is 6.37 Å². The standard InChI is InChI=1S/C24H17NO/c1-2-7-17(8-3-1)15-18-12-13-19-20-9-6-10-21(22-11-4-5-14-25-22)24(20)26-23(19)16-18/h1-14,16H,15H2/i15D2. The third-order valence-corrected chi connectivity index (χ3v) is 4.50. The van der Waals surface area contributed by atoms with Gasteiger partial charge in [0.15, 0.2) is 0 Å². The van der Waals surface area contributed by atoms with Crippen molar-refractivity contribution in [3.63, 3.8) is 0 Å². The van der Waals surface area contributed by atoms with Gasteiger partial charge in [-0.3, -0.25) is 4.98 Å². The van der Waals surface area contributed by atoms with Crippen molar-refractivity contribution in [2.24, 2.45) is 0 Å². The highest BCUT2D eigenvalue weighted by molar-refractivity contribution is 6.09. The van der Waals surface area contributed by atoms with E-state index in [1.54, 1.807) is 6.20 Å². The first-order valence-electron chi connectivity index (χ1n) is 9.57. The van der Waals surface area contributed by atoms with Gasteiger partial charge in [-0.1, -0.05) is 60.7 Å². The lowest BCUT2D eigenvalue weighted by Gasteiger charge is -2.01. The summed E-state index contributed by atoms with van der Waals surface area (Å²) in [5.41, 5.74) is 4.43. The van der Waals surface area contributed by atoms with Crippen LogP contribution < -0.4 is 0 Å². The van der Waals surface area contributed by atoms with Crippen molar-refractivity contribution < 1.29 is 7.16 Å². The van der Waals surface area contributed by atoms with Gasteiger partial charge in [0.2, 0.25) is 0 Å². The van der Waals surface area contributed by atoms with Gasteiger partial charge in [0.05, 0.1) is 5.69 Å². The quantitative estimate of drug-likeness (QED) is 0.389. The minimum Gasteiger partial charge on any atom is -0.455 e. The van der Waals surface area contributed by atoms with E-state index in [1.165, 1.54) is 0 Å². The number of aromatic nitrogens is 1. The largest absolute Gasteiger partial charge is 0.455 e. The van der Waals surface area contributed by atoms with Crippen LogP contribution in [0.15, 0.2) is 95.5 Å². The Labute approximate surface area is 154 Å². The summed E-state index contributed by atoms with van der Waals surface area (Å²) in [6, 6.07) is 26.6. The first kappa shape index (κ1) is 12.9. The van der Waals surface area contributed by atoms with E-state index >= 15 is 0 Å². The number of benzene rings is 3. The van der Waals surface area contributed by atoms with Crippen molar-refractivity contribution in [2.75, 3.05) is 0 Å². The molecule has 0 atom stereocenters. The fraction of sp³-hybridized carbons (Fsp3) is 0.0417. The summed E-state index contributed by atoms with van der Waals surface area (Å²) in [4.78, 5) is 4.45. The summed E-state index contributed by atoms with van der Waals surface area (Å²) in [7, 11) is 0. The number of nitrogens with zero attached hydrogens (tertiary/aromatic N) is 1. The Morgan fingerprint density at radius 1 is 0.769 bits per heavy atom. The third kappa shape index (κ3) is 2.56. The number of hydrogen-bond acceptors (Lipinski definition) is 2. The molecular formula is C24H17NO. The van der Waals surface area contributed by atoms with Crippen LogP contribution in [0.2, 0.25) is 0 Å². The molecule has 2 heterocycles. The van der Waals surface area contributed by atoms with E-state index in [1.807, 2.05) is 84.9 Å². The van der Waals surface area contributed by atoms with Crippen molar-refractivity contribution in [3.8, 4) is 11.3 Å². The maximum atomic E-state index is 8.61. The summed E-state index contributed by atoms with van der Waals surface area (Å²) in [6.07, 6.45) is 0.168. The predicted octanol–water partition coefficient (Wildman–Crippen LogP) is 6.24. The smallest absolute Gasteiger partial charge is 0.144 e. The van der Waals surface area contributed by atoms with Crippen molar-refractivity contribution in [2.45, 2.75) is 6.37 Å². The van der Waals surface area contributed by atoms with Gasteiger partial charge < -0.3 is 4.42 Å². The van der Waals surface area contributed by atoms with Crippen LogP contribution in [0.3, 0.4) is 0 Å². The van der Waals surface area contributed by atoms with Gasteiger partial charge in [-0.2, -0.15) is 0 Å². The Bertz CT molecular complexity index is 1280. The monoisotopic (exact) mass is 337 g/mol. The van der Waals surface area contributed by atoms with Crippen LogP contribution in [0.4, 0.5) is 0 Å². The summed E-state index contributed by atoms with van der Waals surface area (Å²) in [6.45, 7) is 0. The van der Waals surface area contributed by atoms with Crippen molar-refractivity contribution in [1.82, 2.24) is 4.98 Å². The van der Waals surface area contributed by atoms with Gasteiger partial charge in [-0.25, -0.2) is 0 Å². The Morgan fingerprint density at radius 3 is 2.50 bits per heavy atom. The van der Waals surface area contributed by atoms with E-state index in [-0.39, 0.29) is 0 Å². The zero-order chi connectivity index (χ0) is 19.1. The van der Waals surface area contributed by atoms with Gasteiger partial charge in [0, 0.05) is 25.3 Å². The molecule has 2 nitrogen and oxygen atoms in total. The van der Waals surface area contributed by atoms with Gasteiger partial charge in [-0.15, -0.1) is 0 Å². The minimum atomic E-state index is -1.60. The van der Waals surface area contributed by atoms with Crippen molar-refractivity contribution >= 4 is 21.9 Å². The molecule has 2 heteroatoms. The number of furan rings is 1. The second-order valence-corrected chi connectivity index (χ2v) is 6.20. The number of hydrogen-bond donors (Lipinski definition) is 0. The molecule has 0 fully saturated rings. The molecular weight excluding hydrogens is 318 g/mol. The third-order valence-electron chi connectivity index (χ3n) is 4.50. The van der Waals surface area contributed by atoms with Crippen LogP contribution >= 0.6 is 0 Å². The summed E-state index contributed by atoms with van der Waals surface area (Å²) in [5, 5.41) is 1.98. The maximum Gasteiger partial charge on any atom is 0.144 e. The molecule has 0 aliphatic carbocycles. The second kappa shape index (κ2) is 6.16. The predicted molar refractivity (Wildman–Crippen MR) is 106 cm³/mol. The molecule has 0 saturated heterocycles. The fourth-order valence-corrected chi connectivity index (χ4v) is 3.29. The Kier molecular flexibility index (Phi) is 3.06. The molecule has 5 aromatic rings. The highest BCUT2D eigenvalue weighted by Crippen LogP contribution is 2.35. The lowest BCUT2D eigenvalue weighted by atomic mass is 10.0. The van der Waals surface area contributed by atoms with Crippen LogP contribution in [0, 0.1) is 0 Å². The molecule has 0 N–H and O–H groups in total. The molecule has 5 rings (SSSR count). The molecule has 2 aromatic heterocycles. The maximum absolute atomic E-state index is 8.61. The molecule has 0 spiro atoms. The molecule has 0 bridgehead atoms. The van der Waals surface area contributed by atoms with E-state index in [9.17, 15) is 0 Å². The summed E-state index contributed by atoms with van der Waals surface area (Å²) < 4.78 is 23.4. The van der Waals surface area contributed by atoms with Crippen LogP contribution in [-0.4, -0.2) is 4.98 Å². The molecule has 0 unspecified atom stereocenters. The van der Waals surface area contributed by atoms with Crippen LogP contribution in [0.5, 0.6) is 0 Å². The van der Waals surface area contributed by atoms with E-state index in [0.29, 0.717) is 16.7 Å². The van der Waals surface area contributed by atoms with Gasteiger partial charge in [-0.05, 0) is 41.8 Å². The lowest BCUT2D eigenvalue weighted by molar-refractivity contribution is 0.669. The summed E-state index contributed by atoms with van der Waals surface area (Å²) in [5.74, 6) is 0. The molecule has 0 radical (unpaired) electrons. The Hall–Kier alpha value is -3.39. The van der Waals surface area contributed by atoms with Crippen LogP contribution in [-0.2, 0) is 6.37 Å². The molecule has 0 aliphatic heterocycles. The number of fused-ring (bicyclic) bond motifs is 3. The molecule has 0 saturated carbocycles. The van der Waals surface area contributed by atoms with Gasteiger partial charge >= 0.3 is 0 Å². The molecule has 0 amide bonds. The second-order valence-electron chi connectivity index (χ2n) is 6.20. The van der Waals surface area contributed by atoms with E-state index in [2.05, 4.69) is 4.98 Å². The molecule has 3 aromatic carbocycles. The molecule has 26 heavy (non-hydrogen) atoms. The zero-order valence-corrected chi connectivity index (χ0v) is 14.0. The van der Waals surface area contributed by atoms with Crippen LogP contribution in [0.25, 0.3) is 33.2 Å². The lowest BCUT2D eigenvalue weighted by Crippen LogP contribution is -1.86. The van der Waals surface area contributed by atoms with E-state index in [4.69, 9.17) is 7.16 Å². The van der Waals surface area contributed by atoms with E-state index in [0.717, 1.165) is 27.6 Å². The number of rotatable bonds is 3. The average molecular weight is 337 g/mol. The Morgan fingerprint density at radius 2 is 1.65 bits per heavy atom. The van der Waals surface area contributed by atoms with Crippen molar-refractivity contribution in [1.29, 1.82) is 0 Å². The normalized spacial score (nSPS) is 12.9. The first-order chi connectivity index (χ1) is 13.6. The first-order valence-corrected chi connectivity index (χ1v) is 8.57. The highest BCUT2D eigenvalue weighted by atomic mass is 16.3. The molecule has 124 valence electrons. The SMILES string of the molecule is [2H]C([2H])(c1ccccc1)c1ccc2c(c1)oc1c(-c3ccccn3)cccc12. The number of pyridine rings is 1. The topological polar surface area (TPSA) is 26.0 Å².